The number of hydrogen-bond donors (Lipinski definition) is 1. The van der Waals surface area contributed by atoms with Crippen LogP contribution in [0.4, 0.5) is 5.69 Å². The monoisotopic (exact) mass is 523 g/mol. The van der Waals surface area contributed by atoms with Crippen molar-refractivity contribution in [2.24, 2.45) is 10.8 Å². The number of fused-ring (bicyclic) bond motifs is 3. The second kappa shape index (κ2) is 7.82. The molecule has 0 bridgehead atoms. The largest absolute Gasteiger partial charge is 0.425 e. The fourth-order valence-corrected chi connectivity index (χ4v) is 5.72. The minimum Gasteiger partial charge on any atom is -0.425 e. The van der Waals surface area contributed by atoms with Gasteiger partial charge in [0, 0.05) is 32.2 Å². The molecule has 1 aliphatic carbocycles. The predicted octanol–water partition coefficient (Wildman–Crippen LogP) is 6.02. The second-order valence-electron chi connectivity index (χ2n) is 8.29. The van der Waals surface area contributed by atoms with Crippen molar-refractivity contribution in [2.45, 2.75) is 19.3 Å². The molecule has 1 saturated carbocycles. The van der Waals surface area contributed by atoms with E-state index < -0.39 is 28.6 Å². The molecule has 5 nitrogen and oxygen atoms in total. The van der Waals surface area contributed by atoms with E-state index >= 15 is 0 Å². The number of carbonyl (C=O) groups excluding carboxylic acids is 3. The minimum absolute atomic E-state index is 0.272. The van der Waals surface area contributed by atoms with Crippen molar-refractivity contribution in [3.05, 3.63) is 93.4 Å². The Morgan fingerprint density at radius 1 is 1.03 bits per heavy atom. The van der Waals surface area contributed by atoms with Crippen LogP contribution in [0.25, 0.3) is 0 Å². The van der Waals surface area contributed by atoms with E-state index in [1.54, 1.807) is 60.7 Å². The molecule has 3 aromatic rings. The van der Waals surface area contributed by atoms with Gasteiger partial charge in [-0.15, -0.1) is 0 Å². The van der Waals surface area contributed by atoms with Gasteiger partial charge in [-0.3, -0.25) is 14.4 Å². The number of Topliss-reactive ketones (excluding diaryl/α,β-unsaturated/α-hetero) is 1. The van der Waals surface area contributed by atoms with E-state index in [0.717, 1.165) is 4.47 Å². The number of hydrogen-bond acceptors (Lipinski definition) is 4. The number of amides is 1. The highest BCUT2D eigenvalue weighted by Crippen LogP contribution is 2.80. The number of rotatable bonds is 5. The molecule has 1 fully saturated rings. The molecule has 7 heteroatoms. The number of anilines is 1. The van der Waals surface area contributed by atoms with Crippen LogP contribution >= 0.6 is 27.5 Å². The van der Waals surface area contributed by atoms with Gasteiger partial charge in [-0.1, -0.05) is 52.7 Å². The summed E-state index contributed by atoms with van der Waals surface area (Å²) in [6, 6.07) is 20.6. The third-order valence-corrected chi connectivity index (χ3v) is 7.61. The van der Waals surface area contributed by atoms with E-state index in [4.69, 9.17) is 16.3 Å². The van der Waals surface area contributed by atoms with Crippen molar-refractivity contribution < 1.29 is 19.1 Å². The molecule has 0 spiro atoms. The highest BCUT2D eigenvalue weighted by molar-refractivity contribution is 9.10. The zero-order valence-electron chi connectivity index (χ0n) is 17.6. The lowest BCUT2D eigenvalue weighted by atomic mass is 9.82. The van der Waals surface area contributed by atoms with Crippen LogP contribution in [0.2, 0.25) is 5.02 Å². The van der Waals surface area contributed by atoms with Crippen molar-refractivity contribution in [1.82, 2.24) is 0 Å². The summed E-state index contributed by atoms with van der Waals surface area (Å²) in [6.45, 7) is 1.83. The summed E-state index contributed by atoms with van der Waals surface area (Å²) in [5.74, 6) is -1.76. The second-order valence-corrected chi connectivity index (χ2v) is 9.64. The van der Waals surface area contributed by atoms with E-state index in [9.17, 15) is 14.4 Å². The van der Waals surface area contributed by atoms with Gasteiger partial charge in [0.25, 0.3) is 0 Å². The third-order valence-electron chi connectivity index (χ3n) is 6.83. The van der Waals surface area contributed by atoms with Crippen LogP contribution in [0, 0.1) is 10.8 Å². The highest BCUT2D eigenvalue weighted by atomic mass is 79.9. The van der Waals surface area contributed by atoms with Crippen molar-refractivity contribution in [2.75, 3.05) is 5.32 Å². The number of carbonyl (C=O) groups is 3. The SMILES string of the molecule is CC[C@]1(C(=O)c2ccc(Cl)cc2)[C@H]2c3ccccc3OC(=O)[C@]21C(=O)Nc1ccc(Br)cc1. The standard InChI is InChI=1S/C26H19BrClNO4/c1-2-25(22(30)15-7-11-17(28)12-8-15)21-19-5-3-4-6-20(19)33-24(32)26(21,25)23(31)29-18-13-9-16(27)10-14-18/h3-14,21H,2H2,1H3,(H,29,31)/t21-,25-,26-/m1/s1. The minimum atomic E-state index is -1.67. The number of ketones is 1. The van der Waals surface area contributed by atoms with Crippen LogP contribution in [-0.2, 0) is 9.59 Å². The van der Waals surface area contributed by atoms with Gasteiger partial charge in [0.2, 0.25) is 5.91 Å². The average molecular weight is 525 g/mol. The quantitative estimate of drug-likeness (QED) is 0.192. The summed E-state index contributed by atoms with van der Waals surface area (Å²) < 4.78 is 6.51. The maximum Gasteiger partial charge on any atom is 0.328 e. The summed E-state index contributed by atoms with van der Waals surface area (Å²) in [7, 11) is 0. The topological polar surface area (TPSA) is 72.5 Å². The van der Waals surface area contributed by atoms with Crippen molar-refractivity contribution in [3.63, 3.8) is 0 Å². The van der Waals surface area contributed by atoms with Gasteiger partial charge in [0.15, 0.2) is 11.2 Å². The first-order chi connectivity index (χ1) is 15.9. The Bertz CT molecular complexity index is 1290. The smallest absolute Gasteiger partial charge is 0.328 e. The number of halogens is 2. The molecule has 33 heavy (non-hydrogen) atoms. The Labute approximate surface area is 204 Å². The molecule has 1 N–H and O–H groups in total. The maximum absolute atomic E-state index is 14.0. The summed E-state index contributed by atoms with van der Waals surface area (Å²) in [5, 5.41) is 3.35. The summed E-state index contributed by atoms with van der Waals surface area (Å²) in [6.07, 6.45) is 0.288. The Morgan fingerprint density at radius 2 is 1.70 bits per heavy atom. The lowest BCUT2D eigenvalue weighted by molar-refractivity contribution is -0.147. The number of ether oxygens (including phenoxy) is 1. The number of para-hydroxylation sites is 1. The Balaban J connectivity index is 1.66. The zero-order chi connectivity index (χ0) is 23.4. The molecule has 3 aromatic carbocycles. The van der Waals surface area contributed by atoms with Gasteiger partial charge < -0.3 is 10.1 Å². The first-order valence-electron chi connectivity index (χ1n) is 10.5. The van der Waals surface area contributed by atoms with Gasteiger partial charge in [0.1, 0.15) is 5.75 Å². The molecule has 0 saturated heterocycles. The van der Waals surface area contributed by atoms with E-state index in [1.807, 2.05) is 19.1 Å². The van der Waals surface area contributed by atoms with Crippen LogP contribution in [0.15, 0.2) is 77.3 Å². The molecule has 3 atom stereocenters. The average Bonchev–Trinajstić information content (AvgIpc) is 3.47. The molecule has 0 aromatic heterocycles. The van der Waals surface area contributed by atoms with Gasteiger partial charge in [0.05, 0.1) is 5.41 Å². The molecule has 166 valence electrons. The van der Waals surface area contributed by atoms with E-state index in [0.29, 0.717) is 27.6 Å². The molecule has 1 heterocycles. The lowest BCUT2D eigenvalue weighted by Gasteiger charge is -2.24. The Morgan fingerprint density at radius 3 is 2.36 bits per heavy atom. The summed E-state index contributed by atoms with van der Waals surface area (Å²) >= 11 is 9.39. The van der Waals surface area contributed by atoms with Crippen LogP contribution in [0.1, 0.15) is 35.2 Å². The maximum atomic E-state index is 14.0. The van der Waals surface area contributed by atoms with Crippen LogP contribution in [-0.4, -0.2) is 17.7 Å². The van der Waals surface area contributed by atoms with Crippen molar-refractivity contribution in [1.29, 1.82) is 0 Å². The van der Waals surface area contributed by atoms with Gasteiger partial charge in [-0.2, -0.15) is 0 Å². The van der Waals surface area contributed by atoms with Crippen LogP contribution < -0.4 is 10.1 Å². The van der Waals surface area contributed by atoms with Gasteiger partial charge >= 0.3 is 5.97 Å². The van der Waals surface area contributed by atoms with Gasteiger partial charge in [-0.05, 0) is 61.0 Å². The third kappa shape index (κ3) is 3.01. The van der Waals surface area contributed by atoms with Gasteiger partial charge in [-0.25, -0.2) is 0 Å². The first-order valence-corrected chi connectivity index (χ1v) is 11.7. The Hall–Kier alpha value is -2.96. The molecule has 0 radical (unpaired) electrons. The summed E-state index contributed by atoms with van der Waals surface area (Å²) in [5.41, 5.74) is -1.33. The Kier molecular flexibility index (Phi) is 5.18. The molecule has 1 amide bonds. The molecule has 0 unspecified atom stereocenters. The fraction of sp³-hybridized carbons (Fsp3) is 0.192. The number of benzene rings is 3. The van der Waals surface area contributed by atoms with Crippen LogP contribution in [0.3, 0.4) is 0 Å². The molecular weight excluding hydrogens is 506 g/mol. The van der Waals surface area contributed by atoms with Crippen LogP contribution in [0.5, 0.6) is 5.75 Å². The number of esters is 1. The van der Waals surface area contributed by atoms with Crippen molar-refractivity contribution >= 4 is 50.9 Å². The molecular formula is C26H19BrClNO4. The normalized spacial score (nSPS) is 24.8. The molecule has 1 aliphatic heterocycles. The highest BCUT2D eigenvalue weighted by Gasteiger charge is 2.89. The lowest BCUT2D eigenvalue weighted by Crippen LogP contribution is -2.42. The summed E-state index contributed by atoms with van der Waals surface area (Å²) in [4.78, 5) is 41.3. The molecule has 5 rings (SSSR count). The molecule has 2 aliphatic rings. The predicted molar refractivity (Wildman–Crippen MR) is 129 cm³/mol. The van der Waals surface area contributed by atoms with E-state index in [1.165, 1.54) is 0 Å². The zero-order valence-corrected chi connectivity index (χ0v) is 19.9. The van der Waals surface area contributed by atoms with Crippen molar-refractivity contribution in [3.8, 4) is 5.75 Å². The first kappa shape index (κ1) is 21.9. The van der Waals surface area contributed by atoms with E-state index in [2.05, 4.69) is 21.2 Å². The van der Waals surface area contributed by atoms with E-state index in [-0.39, 0.29) is 12.2 Å². The fourth-order valence-electron chi connectivity index (χ4n) is 5.33. The number of nitrogens with one attached hydrogen (secondary N) is 1.